The minimum absolute atomic E-state index is 0.258. The van der Waals surface area contributed by atoms with Crippen LogP contribution in [0.15, 0.2) is 9.90 Å². The van der Waals surface area contributed by atoms with Crippen molar-refractivity contribution < 1.29 is 0 Å². The van der Waals surface area contributed by atoms with Gasteiger partial charge in [-0.05, 0) is 20.3 Å². The summed E-state index contributed by atoms with van der Waals surface area (Å²) >= 11 is 0. The van der Waals surface area contributed by atoms with Gasteiger partial charge in [0.2, 0.25) is 5.95 Å². The van der Waals surface area contributed by atoms with Crippen LogP contribution in [-0.2, 0) is 0 Å². The standard InChI is InChI=1S/C8H13N5O/c1-4-5(2)10-12-8-9-7(14)6(3)11-13-8/h4H2,1-3H3,(H2,9,12,13,14)/b10-5+. The van der Waals surface area contributed by atoms with Gasteiger partial charge in [0.15, 0.2) is 0 Å². The van der Waals surface area contributed by atoms with Gasteiger partial charge in [0.05, 0.1) is 0 Å². The number of anilines is 1. The van der Waals surface area contributed by atoms with Crippen molar-refractivity contribution in [3.63, 3.8) is 0 Å². The largest absolute Gasteiger partial charge is 0.288 e. The van der Waals surface area contributed by atoms with E-state index in [0.29, 0.717) is 5.69 Å². The van der Waals surface area contributed by atoms with Gasteiger partial charge in [-0.3, -0.25) is 9.78 Å². The zero-order chi connectivity index (χ0) is 10.6. The Morgan fingerprint density at radius 3 is 2.86 bits per heavy atom. The van der Waals surface area contributed by atoms with Crippen LogP contribution in [0.3, 0.4) is 0 Å². The highest BCUT2D eigenvalue weighted by atomic mass is 16.1. The molecule has 0 amide bonds. The number of nitrogens with one attached hydrogen (secondary N) is 2. The zero-order valence-electron chi connectivity index (χ0n) is 8.46. The predicted octanol–water partition coefficient (Wildman–Crippen LogP) is 0.671. The van der Waals surface area contributed by atoms with Gasteiger partial charge in [0, 0.05) is 5.71 Å². The van der Waals surface area contributed by atoms with Crippen molar-refractivity contribution in [1.29, 1.82) is 0 Å². The fourth-order valence-corrected chi connectivity index (χ4v) is 0.671. The van der Waals surface area contributed by atoms with E-state index in [1.807, 2.05) is 13.8 Å². The monoisotopic (exact) mass is 195 g/mol. The molecule has 0 bridgehead atoms. The lowest BCUT2D eigenvalue weighted by atomic mass is 10.3. The topological polar surface area (TPSA) is 83.0 Å². The molecule has 1 aromatic rings. The Balaban J connectivity index is 2.79. The number of H-pyrrole nitrogens is 1. The van der Waals surface area contributed by atoms with E-state index in [9.17, 15) is 4.79 Å². The fourth-order valence-electron chi connectivity index (χ4n) is 0.671. The van der Waals surface area contributed by atoms with Crippen molar-refractivity contribution in [3.8, 4) is 0 Å². The molecule has 0 unspecified atom stereocenters. The third-order valence-electron chi connectivity index (χ3n) is 1.72. The van der Waals surface area contributed by atoms with Gasteiger partial charge in [0.1, 0.15) is 5.69 Å². The van der Waals surface area contributed by atoms with Gasteiger partial charge in [-0.25, -0.2) is 5.43 Å². The summed E-state index contributed by atoms with van der Waals surface area (Å²) in [6, 6.07) is 0. The molecule has 0 saturated carbocycles. The van der Waals surface area contributed by atoms with Crippen LogP contribution < -0.4 is 11.0 Å². The zero-order valence-corrected chi connectivity index (χ0v) is 8.46. The van der Waals surface area contributed by atoms with Crippen LogP contribution in [0.5, 0.6) is 0 Å². The van der Waals surface area contributed by atoms with Gasteiger partial charge < -0.3 is 0 Å². The number of hydrogen-bond acceptors (Lipinski definition) is 5. The Bertz CT molecular complexity index is 395. The number of aryl methyl sites for hydroxylation is 1. The number of nitrogens with zero attached hydrogens (tertiary/aromatic N) is 3. The summed E-state index contributed by atoms with van der Waals surface area (Å²) < 4.78 is 0. The first-order valence-electron chi connectivity index (χ1n) is 4.36. The second-order valence-electron chi connectivity index (χ2n) is 2.90. The SMILES string of the molecule is CC/C(C)=N/Nc1nnc(C)c(=O)[nH]1. The molecule has 1 aromatic heterocycles. The van der Waals surface area contributed by atoms with Crippen LogP contribution in [0.2, 0.25) is 0 Å². The Hall–Kier alpha value is -1.72. The minimum Gasteiger partial charge on any atom is -0.288 e. The Morgan fingerprint density at radius 1 is 1.57 bits per heavy atom. The first kappa shape index (κ1) is 10.4. The van der Waals surface area contributed by atoms with Crippen molar-refractivity contribution in [2.24, 2.45) is 5.10 Å². The van der Waals surface area contributed by atoms with Gasteiger partial charge in [-0.1, -0.05) is 6.92 Å². The number of hydrazone groups is 1. The van der Waals surface area contributed by atoms with Crippen LogP contribution in [0.1, 0.15) is 26.0 Å². The molecule has 0 atom stereocenters. The second-order valence-corrected chi connectivity index (χ2v) is 2.90. The van der Waals surface area contributed by atoms with Gasteiger partial charge in [-0.15, -0.1) is 10.2 Å². The van der Waals surface area contributed by atoms with Gasteiger partial charge in [0.25, 0.3) is 5.56 Å². The smallest absolute Gasteiger partial charge is 0.274 e. The summed E-state index contributed by atoms with van der Waals surface area (Å²) in [5, 5.41) is 11.4. The minimum atomic E-state index is -0.258. The molecule has 14 heavy (non-hydrogen) atoms. The van der Waals surface area contributed by atoms with E-state index in [1.54, 1.807) is 6.92 Å². The van der Waals surface area contributed by atoms with Crippen molar-refractivity contribution in [2.75, 3.05) is 5.43 Å². The number of rotatable bonds is 3. The molecule has 1 rings (SSSR count). The molecule has 0 aliphatic rings. The molecule has 0 spiro atoms. The molecule has 1 heterocycles. The lowest BCUT2D eigenvalue weighted by molar-refractivity contribution is 0.896. The summed E-state index contributed by atoms with van der Waals surface area (Å²) in [7, 11) is 0. The van der Waals surface area contributed by atoms with Crippen LogP contribution in [0.25, 0.3) is 0 Å². The molecule has 0 radical (unpaired) electrons. The highest BCUT2D eigenvalue weighted by molar-refractivity contribution is 5.82. The summed E-state index contributed by atoms with van der Waals surface area (Å²) in [6.07, 6.45) is 0.844. The number of aromatic amines is 1. The van der Waals surface area contributed by atoms with Crippen molar-refractivity contribution in [2.45, 2.75) is 27.2 Å². The molecular weight excluding hydrogens is 182 g/mol. The van der Waals surface area contributed by atoms with Crippen LogP contribution >= 0.6 is 0 Å². The Morgan fingerprint density at radius 2 is 2.29 bits per heavy atom. The molecule has 6 heteroatoms. The predicted molar refractivity (Wildman–Crippen MR) is 54.4 cm³/mol. The Kier molecular flexibility index (Phi) is 3.33. The average molecular weight is 195 g/mol. The summed E-state index contributed by atoms with van der Waals surface area (Å²) in [6.45, 7) is 5.47. The van der Waals surface area contributed by atoms with Crippen LogP contribution in [-0.4, -0.2) is 20.9 Å². The quantitative estimate of drug-likeness (QED) is 0.548. The van der Waals surface area contributed by atoms with E-state index in [2.05, 4.69) is 25.7 Å². The molecule has 0 aliphatic heterocycles. The summed E-state index contributed by atoms with van der Waals surface area (Å²) in [5.74, 6) is 0.258. The fraction of sp³-hybridized carbons (Fsp3) is 0.500. The maximum Gasteiger partial charge on any atom is 0.274 e. The third kappa shape index (κ3) is 2.65. The number of hydrogen-bond donors (Lipinski definition) is 2. The summed E-state index contributed by atoms with van der Waals surface area (Å²) in [5.41, 5.74) is 3.63. The molecule has 0 aromatic carbocycles. The van der Waals surface area contributed by atoms with E-state index in [1.165, 1.54) is 0 Å². The van der Waals surface area contributed by atoms with E-state index in [-0.39, 0.29) is 11.5 Å². The highest BCUT2D eigenvalue weighted by Crippen LogP contribution is 1.92. The second kappa shape index (κ2) is 4.50. The molecule has 0 fully saturated rings. The van der Waals surface area contributed by atoms with Crippen molar-refractivity contribution >= 4 is 11.7 Å². The molecule has 0 saturated heterocycles. The molecule has 2 N–H and O–H groups in total. The maximum absolute atomic E-state index is 11.1. The van der Waals surface area contributed by atoms with Crippen LogP contribution in [0, 0.1) is 6.92 Å². The molecule has 6 nitrogen and oxygen atoms in total. The first-order chi connectivity index (χ1) is 6.63. The van der Waals surface area contributed by atoms with Gasteiger partial charge in [-0.2, -0.15) is 5.10 Å². The first-order valence-corrected chi connectivity index (χ1v) is 4.36. The lowest BCUT2D eigenvalue weighted by Crippen LogP contribution is -2.15. The lowest BCUT2D eigenvalue weighted by Gasteiger charge is -1.99. The summed E-state index contributed by atoms with van der Waals surface area (Å²) in [4.78, 5) is 13.6. The third-order valence-corrected chi connectivity index (χ3v) is 1.72. The van der Waals surface area contributed by atoms with Gasteiger partial charge >= 0.3 is 0 Å². The van der Waals surface area contributed by atoms with E-state index < -0.39 is 0 Å². The van der Waals surface area contributed by atoms with E-state index >= 15 is 0 Å². The van der Waals surface area contributed by atoms with Crippen molar-refractivity contribution in [3.05, 3.63) is 16.0 Å². The van der Waals surface area contributed by atoms with E-state index in [0.717, 1.165) is 12.1 Å². The maximum atomic E-state index is 11.1. The normalized spacial score (nSPS) is 11.5. The molecule has 0 aliphatic carbocycles. The van der Waals surface area contributed by atoms with E-state index in [4.69, 9.17) is 0 Å². The molecule has 76 valence electrons. The highest BCUT2D eigenvalue weighted by Gasteiger charge is 1.97. The number of aromatic nitrogens is 3. The molecular formula is C8H13N5O. The van der Waals surface area contributed by atoms with Crippen LogP contribution in [0.4, 0.5) is 5.95 Å². The van der Waals surface area contributed by atoms with Crippen molar-refractivity contribution in [1.82, 2.24) is 15.2 Å². The Labute approximate surface area is 81.5 Å². The average Bonchev–Trinajstić information content (AvgIpc) is 2.19.